The van der Waals surface area contributed by atoms with Crippen molar-refractivity contribution in [1.82, 2.24) is 4.72 Å². The maximum Gasteiger partial charge on any atom is 0.371 e. The Morgan fingerprint density at radius 3 is 2.55 bits per heavy atom. The van der Waals surface area contributed by atoms with Gasteiger partial charge in [0, 0.05) is 12.6 Å². The van der Waals surface area contributed by atoms with Crippen molar-refractivity contribution in [3.8, 4) is 0 Å². The number of unbranched alkanes of at least 4 members (excludes halogenated alkanes) is 1. The van der Waals surface area contributed by atoms with E-state index in [1.54, 1.807) is 0 Å². The average molecular weight is 303 g/mol. The third-order valence-corrected chi connectivity index (χ3v) is 4.44. The number of aryl methyl sites for hydroxylation is 1. The normalized spacial score (nSPS) is 12.0. The van der Waals surface area contributed by atoms with Crippen LogP contribution in [0.5, 0.6) is 0 Å². The molecule has 114 valence electrons. The van der Waals surface area contributed by atoms with Crippen LogP contribution in [0.2, 0.25) is 0 Å². The molecule has 0 spiro atoms. The Hall–Kier alpha value is -1.34. The molecule has 20 heavy (non-hydrogen) atoms. The molecule has 0 saturated heterocycles. The second-order valence-electron chi connectivity index (χ2n) is 5.12. The summed E-state index contributed by atoms with van der Waals surface area (Å²) in [7, 11) is -3.71. The Bertz CT molecular complexity index is 559. The number of carboxylic acids is 1. The quantitative estimate of drug-likeness (QED) is 0.719. The first-order valence-electron chi connectivity index (χ1n) is 6.57. The minimum Gasteiger partial charge on any atom is -0.475 e. The van der Waals surface area contributed by atoms with E-state index >= 15 is 0 Å². The second kappa shape index (κ2) is 6.90. The molecule has 0 saturated carbocycles. The molecular formula is C13H21NO5S. The van der Waals surface area contributed by atoms with Crippen LogP contribution < -0.4 is 4.72 Å². The van der Waals surface area contributed by atoms with Gasteiger partial charge in [-0.3, -0.25) is 0 Å². The lowest BCUT2D eigenvalue weighted by Gasteiger charge is -2.06. The average Bonchev–Trinajstić information content (AvgIpc) is 2.71. The van der Waals surface area contributed by atoms with Gasteiger partial charge in [0.05, 0.1) is 0 Å². The van der Waals surface area contributed by atoms with Crippen LogP contribution in [0.3, 0.4) is 0 Å². The third-order valence-electron chi connectivity index (χ3n) is 2.87. The first-order chi connectivity index (χ1) is 9.24. The van der Waals surface area contributed by atoms with E-state index in [-0.39, 0.29) is 16.4 Å². The van der Waals surface area contributed by atoms with Gasteiger partial charge in [0.1, 0.15) is 10.7 Å². The van der Waals surface area contributed by atoms with Gasteiger partial charge in [-0.1, -0.05) is 26.7 Å². The van der Waals surface area contributed by atoms with Gasteiger partial charge in [-0.25, -0.2) is 17.9 Å². The van der Waals surface area contributed by atoms with Gasteiger partial charge in [-0.15, -0.1) is 0 Å². The Balaban J connectivity index is 2.63. The summed E-state index contributed by atoms with van der Waals surface area (Å²) in [6.07, 6.45) is 2.75. The topological polar surface area (TPSA) is 96.6 Å². The number of aromatic carboxylic acids is 1. The molecule has 0 atom stereocenters. The van der Waals surface area contributed by atoms with Crippen molar-refractivity contribution in [3.63, 3.8) is 0 Å². The Kier molecular flexibility index (Phi) is 5.76. The smallest absolute Gasteiger partial charge is 0.371 e. The molecule has 7 heteroatoms. The minimum absolute atomic E-state index is 0.0806. The van der Waals surface area contributed by atoms with Crippen LogP contribution in [0.1, 0.15) is 49.4 Å². The van der Waals surface area contributed by atoms with E-state index in [9.17, 15) is 13.2 Å². The Morgan fingerprint density at radius 1 is 1.40 bits per heavy atom. The van der Waals surface area contributed by atoms with Crippen LogP contribution in [-0.4, -0.2) is 26.0 Å². The van der Waals surface area contributed by atoms with Crippen LogP contribution in [0, 0.1) is 12.8 Å². The molecule has 2 N–H and O–H groups in total. The van der Waals surface area contributed by atoms with Crippen molar-refractivity contribution in [2.75, 3.05) is 6.54 Å². The number of carboxylic acid groups (broad SMARTS) is 1. The fourth-order valence-electron chi connectivity index (χ4n) is 1.80. The standard InChI is InChI=1S/C13H21NO5S/c1-9(2)6-4-5-7-14-20(17,18)12-8-11(13(15)16)19-10(12)3/h8-9,14H,4-7H2,1-3H3,(H,15,16). The highest BCUT2D eigenvalue weighted by molar-refractivity contribution is 7.89. The van der Waals surface area contributed by atoms with Crippen molar-refractivity contribution < 1.29 is 22.7 Å². The number of carbonyl (C=O) groups is 1. The Morgan fingerprint density at radius 2 is 2.05 bits per heavy atom. The number of hydrogen-bond donors (Lipinski definition) is 2. The van der Waals surface area contributed by atoms with E-state index in [0.717, 1.165) is 25.3 Å². The maximum absolute atomic E-state index is 12.0. The lowest BCUT2D eigenvalue weighted by molar-refractivity contribution is 0.0661. The molecule has 1 heterocycles. The molecule has 0 aliphatic carbocycles. The van der Waals surface area contributed by atoms with Crippen molar-refractivity contribution >= 4 is 16.0 Å². The molecule has 0 radical (unpaired) electrons. The zero-order valence-electron chi connectivity index (χ0n) is 12.0. The molecule has 0 bridgehead atoms. The van der Waals surface area contributed by atoms with E-state index < -0.39 is 16.0 Å². The first kappa shape index (κ1) is 16.7. The summed E-state index contributed by atoms with van der Waals surface area (Å²) in [6, 6.07) is 1.04. The summed E-state index contributed by atoms with van der Waals surface area (Å²) < 4.78 is 31.4. The summed E-state index contributed by atoms with van der Waals surface area (Å²) in [5.74, 6) is -0.980. The highest BCUT2D eigenvalue weighted by Crippen LogP contribution is 2.20. The molecule has 0 amide bonds. The minimum atomic E-state index is -3.71. The molecule has 0 aliphatic heterocycles. The predicted octanol–water partition coefficient (Wildman–Crippen LogP) is 2.39. The van der Waals surface area contributed by atoms with Crippen LogP contribution in [-0.2, 0) is 10.0 Å². The number of furan rings is 1. The summed E-state index contributed by atoms with van der Waals surface area (Å²) in [6.45, 7) is 6.00. The number of hydrogen-bond acceptors (Lipinski definition) is 4. The van der Waals surface area contributed by atoms with Crippen LogP contribution in [0.15, 0.2) is 15.4 Å². The van der Waals surface area contributed by atoms with Gasteiger partial charge < -0.3 is 9.52 Å². The number of sulfonamides is 1. The number of rotatable bonds is 8. The summed E-state index contributed by atoms with van der Waals surface area (Å²) in [4.78, 5) is 10.6. The van der Waals surface area contributed by atoms with E-state index in [1.165, 1.54) is 6.92 Å². The van der Waals surface area contributed by atoms with Gasteiger partial charge in [-0.2, -0.15) is 0 Å². The molecule has 1 aromatic rings. The molecule has 1 aromatic heterocycles. The monoisotopic (exact) mass is 303 g/mol. The Labute approximate surface area is 119 Å². The SMILES string of the molecule is Cc1oc(C(=O)O)cc1S(=O)(=O)NCCCCC(C)C. The fourth-order valence-corrected chi connectivity index (χ4v) is 3.05. The van der Waals surface area contributed by atoms with Gasteiger partial charge in [0.2, 0.25) is 15.8 Å². The van der Waals surface area contributed by atoms with Crippen molar-refractivity contribution in [2.24, 2.45) is 5.92 Å². The first-order valence-corrected chi connectivity index (χ1v) is 8.05. The van der Waals surface area contributed by atoms with E-state index in [2.05, 4.69) is 18.6 Å². The van der Waals surface area contributed by atoms with Gasteiger partial charge in [-0.05, 0) is 19.3 Å². The molecular weight excluding hydrogens is 282 g/mol. The second-order valence-corrected chi connectivity index (χ2v) is 6.86. The highest BCUT2D eigenvalue weighted by atomic mass is 32.2. The molecule has 6 nitrogen and oxygen atoms in total. The fraction of sp³-hybridized carbons (Fsp3) is 0.615. The number of nitrogens with one attached hydrogen (secondary N) is 1. The van der Waals surface area contributed by atoms with Crippen molar-refractivity contribution in [3.05, 3.63) is 17.6 Å². The van der Waals surface area contributed by atoms with Gasteiger partial charge in [0.25, 0.3) is 0 Å². The van der Waals surface area contributed by atoms with Crippen molar-refractivity contribution in [1.29, 1.82) is 0 Å². The van der Waals surface area contributed by atoms with Crippen LogP contribution >= 0.6 is 0 Å². The summed E-state index contributed by atoms with van der Waals surface area (Å²) in [5, 5.41) is 8.78. The lowest BCUT2D eigenvalue weighted by atomic mass is 10.1. The molecule has 0 aromatic carbocycles. The van der Waals surface area contributed by atoms with E-state index in [4.69, 9.17) is 9.52 Å². The largest absolute Gasteiger partial charge is 0.475 e. The molecule has 1 rings (SSSR count). The van der Waals surface area contributed by atoms with E-state index in [0.29, 0.717) is 12.5 Å². The van der Waals surface area contributed by atoms with Gasteiger partial charge in [0.15, 0.2) is 0 Å². The van der Waals surface area contributed by atoms with Crippen LogP contribution in [0.4, 0.5) is 0 Å². The highest BCUT2D eigenvalue weighted by Gasteiger charge is 2.23. The molecule has 0 fully saturated rings. The molecule has 0 aliphatic rings. The maximum atomic E-state index is 12.0. The zero-order valence-corrected chi connectivity index (χ0v) is 12.8. The van der Waals surface area contributed by atoms with Gasteiger partial charge >= 0.3 is 5.97 Å². The molecule has 0 unspecified atom stereocenters. The van der Waals surface area contributed by atoms with Crippen molar-refractivity contribution in [2.45, 2.75) is 44.9 Å². The van der Waals surface area contributed by atoms with E-state index in [1.807, 2.05) is 0 Å². The zero-order chi connectivity index (χ0) is 15.3. The predicted molar refractivity (Wildman–Crippen MR) is 74.3 cm³/mol. The summed E-state index contributed by atoms with van der Waals surface area (Å²) >= 11 is 0. The van der Waals surface area contributed by atoms with Crippen LogP contribution in [0.25, 0.3) is 0 Å². The third kappa shape index (κ3) is 4.64. The summed E-state index contributed by atoms with van der Waals surface area (Å²) in [5.41, 5.74) is 0. The lowest BCUT2D eigenvalue weighted by Crippen LogP contribution is -2.25.